The largest absolute Gasteiger partial charge is 0.465 e. The molecule has 4 fully saturated rings. The normalized spacial score (nSPS) is 21.6. The number of hydrogen-bond acceptors (Lipinski definition) is 10. The van der Waals surface area contributed by atoms with Gasteiger partial charge < -0.3 is 28.7 Å². The van der Waals surface area contributed by atoms with Crippen LogP contribution in [0.25, 0.3) is 0 Å². The van der Waals surface area contributed by atoms with Gasteiger partial charge in [-0.15, -0.1) is 22.7 Å². The second kappa shape index (κ2) is 9.49. The van der Waals surface area contributed by atoms with Crippen LogP contribution >= 0.6 is 22.7 Å². The van der Waals surface area contributed by atoms with Crippen molar-refractivity contribution in [3.05, 3.63) is 32.6 Å². The van der Waals surface area contributed by atoms with Crippen LogP contribution in [0.4, 0.5) is 11.4 Å². The zero-order chi connectivity index (χ0) is 23.8. The number of anilines is 2. The summed E-state index contributed by atoms with van der Waals surface area (Å²) in [5.41, 5.74) is 3.03. The highest BCUT2D eigenvalue weighted by Gasteiger charge is 2.47. The molecule has 184 valence electrons. The molecule has 4 aliphatic rings. The van der Waals surface area contributed by atoms with Crippen molar-refractivity contribution < 1.29 is 28.5 Å². The van der Waals surface area contributed by atoms with Crippen molar-refractivity contribution in [1.29, 1.82) is 0 Å². The lowest BCUT2D eigenvalue weighted by Crippen LogP contribution is -2.56. The molecule has 0 bridgehead atoms. The lowest BCUT2D eigenvalue weighted by molar-refractivity contribution is 0.0597. The molecular weight excluding hydrogens is 476 g/mol. The van der Waals surface area contributed by atoms with Crippen LogP contribution in [0.3, 0.4) is 0 Å². The molecule has 2 aromatic heterocycles. The van der Waals surface area contributed by atoms with Gasteiger partial charge in [-0.3, -0.25) is 0 Å². The summed E-state index contributed by atoms with van der Waals surface area (Å²) in [5.74, 6) is -0.499. The van der Waals surface area contributed by atoms with E-state index in [-0.39, 0.29) is 11.9 Å². The van der Waals surface area contributed by atoms with Gasteiger partial charge in [0.2, 0.25) is 0 Å². The number of thiophene rings is 2. The summed E-state index contributed by atoms with van der Waals surface area (Å²) in [7, 11) is 2.83. The number of rotatable bonds is 4. The van der Waals surface area contributed by atoms with Gasteiger partial charge in [0.05, 0.1) is 27.4 Å². The van der Waals surface area contributed by atoms with Gasteiger partial charge in [0.1, 0.15) is 9.75 Å². The molecule has 0 radical (unpaired) electrons. The van der Waals surface area contributed by atoms with Crippen LogP contribution in [0, 0.1) is 10.8 Å². The van der Waals surface area contributed by atoms with Crippen LogP contribution in [-0.2, 0) is 18.9 Å². The molecule has 34 heavy (non-hydrogen) atoms. The van der Waals surface area contributed by atoms with Gasteiger partial charge in [0.25, 0.3) is 0 Å². The number of nitrogens with zero attached hydrogens (tertiary/aromatic N) is 2. The van der Waals surface area contributed by atoms with Crippen molar-refractivity contribution in [3.8, 4) is 0 Å². The van der Waals surface area contributed by atoms with Crippen molar-refractivity contribution in [2.24, 2.45) is 10.8 Å². The quantitative estimate of drug-likeness (QED) is 0.583. The van der Waals surface area contributed by atoms with E-state index in [1.54, 1.807) is 0 Å². The summed E-state index contributed by atoms with van der Waals surface area (Å²) >= 11 is 2.89. The van der Waals surface area contributed by atoms with E-state index in [0.717, 1.165) is 76.8 Å². The van der Waals surface area contributed by atoms with Gasteiger partial charge in [-0.2, -0.15) is 0 Å². The molecule has 8 nitrogen and oxygen atoms in total. The molecule has 4 aliphatic heterocycles. The highest BCUT2D eigenvalue weighted by Crippen LogP contribution is 2.43. The lowest BCUT2D eigenvalue weighted by Gasteiger charge is -2.48. The topological polar surface area (TPSA) is 77.5 Å². The molecule has 0 atom stereocenters. The Morgan fingerprint density at radius 3 is 1.53 bits per heavy atom. The van der Waals surface area contributed by atoms with E-state index in [0.29, 0.717) is 20.6 Å². The smallest absolute Gasteiger partial charge is 0.348 e. The van der Waals surface area contributed by atoms with Crippen molar-refractivity contribution in [2.45, 2.75) is 12.8 Å². The Labute approximate surface area is 207 Å². The Morgan fingerprint density at radius 2 is 1.21 bits per heavy atom. The first-order valence-corrected chi connectivity index (χ1v) is 13.2. The summed E-state index contributed by atoms with van der Waals surface area (Å²) in [4.78, 5) is 28.7. The molecule has 4 saturated heterocycles. The minimum Gasteiger partial charge on any atom is -0.465 e. The maximum absolute atomic E-state index is 11.4. The maximum Gasteiger partial charge on any atom is 0.348 e. The Hall–Kier alpha value is -2.14. The Morgan fingerprint density at radius 1 is 0.794 bits per heavy atom. The van der Waals surface area contributed by atoms with Gasteiger partial charge in [0.15, 0.2) is 0 Å². The molecule has 0 saturated carbocycles. The van der Waals surface area contributed by atoms with E-state index >= 15 is 0 Å². The molecule has 10 heteroatoms. The summed E-state index contributed by atoms with van der Waals surface area (Å²) < 4.78 is 20.3. The predicted molar refractivity (Wildman–Crippen MR) is 131 cm³/mol. The standard InChI is InChI=1S/2C12H15NO3S/c2*1-15-11(14)10-4-9(5-17-10)13-6-12(7-13)2-3-16-8-12/h2*4-5H,2-3,6-8H2,1H3. The molecule has 0 N–H and O–H groups in total. The molecule has 0 aromatic carbocycles. The SMILES string of the molecule is COC(=O)c1cc(N2CC3(CCOC3)C2)cs1.COC(=O)c1cc(N2CC3(CCOC3)C2)cs1. The highest BCUT2D eigenvalue weighted by atomic mass is 32.1. The fourth-order valence-electron chi connectivity index (χ4n) is 5.09. The number of methoxy groups -OCH3 is 2. The third-order valence-corrected chi connectivity index (χ3v) is 8.95. The summed E-state index contributed by atoms with van der Waals surface area (Å²) in [5, 5.41) is 4.05. The Balaban J connectivity index is 0.000000142. The minimum absolute atomic E-state index is 0.249. The number of ether oxygens (including phenoxy) is 4. The molecule has 0 aliphatic carbocycles. The lowest BCUT2D eigenvalue weighted by atomic mass is 9.79. The van der Waals surface area contributed by atoms with Crippen LogP contribution in [0.1, 0.15) is 32.2 Å². The van der Waals surface area contributed by atoms with E-state index in [1.807, 2.05) is 22.9 Å². The van der Waals surface area contributed by atoms with Crippen LogP contribution in [0.5, 0.6) is 0 Å². The van der Waals surface area contributed by atoms with Crippen molar-refractivity contribution in [3.63, 3.8) is 0 Å². The van der Waals surface area contributed by atoms with Crippen LogP contribution in [-0.4, -0.2) is 78.8 Å². The van der Waals surface area contributed by atoms with Crippen molar-refractivity contribution >= 4 is 46.0 Å². The average molecular weight is 507 g/mol. The fourth-order valence-corrected chi connectivity index (χ4v) is 6.76. The first-order chi connectivity index (χ1) is 16.4. The summed E-state index contributed by atoms with van der Waals surface area (Å²) in [6, 6.07) is 3.83. The van der Waals surface area contributed by atoms with Crippen LogP contribution < -0.4 is 9.80 Å². The second-order valence-electron chi connectivity index (χ2n) is 9.64. The fraction of sp³-hybridized carbons (Fsp3) is 0.583. The third kappa shape index (κ3) is 4.56. The van der Waals surface area contributed by atoms with Gasteiger partial charge in [0, 0.05) is 72.4 Å². The zero-order valence-corrected chi connectivity index (χ0v) is 21.2. The molecule has 6 heterocycles. The van der Waals surface area contributed by atoms with Gasteiger partial charge in [-0.05, 0) is 25.0 Å². The second-order valence-corrected chi connectivity index (χ2v) is 11.5. The predicted octanol–water partition coefficient (Wildman–Crippen LogP) is 3.52. The van der Waals surface area contributed by atoms with Gasteiger partial charge in [-0.1, -0.05) is 0 Å². The number of esters is 2. The van der Waals surface area contributed by atoms with E-state index in [2.05, 4.69) is 9.80 Å². The first kappa shape index (κ1) is 23.6. The highest BCUT2D eigenvalue weighted by molar-refractivity contribution is 7.12. The third-order valence-electron chi connectivity index (χ3n) is 7.15. The van der Waals surface area contributed by atoms with E-state index in [4.69, 9.17) is 18.9 Å². The van der Waals surface area contributed by atoms with E-state index in [1.165, 1.54) is 36.9 Å². The van der Waals surface area contributed by atoms with Crippen molar-refractivity contribution in [1.82, 2.24) is 0 Å². The number of carbonyl (C=O) groups excluding carboxylic acids is 2. The molecule has 6 rings (SSSR count). The summed E-state index contributed by atoms with van der Waals surface area (Å²) in [6.45, 7) is 7.74. The molecule has 2 spiro atoms. The first-order valence-electron chi connectivity index (χ1n) is 11.4. The molecule has 0 unspecified atom stereocenters. The Bertz CT molecular complexity index is 940. The van der Waals surface area contributed by atoms with Crippen LogP contribution in [0.15, 0.2) is 22.9 Å². The summed E-state index contributed by atoms with van der Waals surface area (Å²) in [6.07, 6.45) is 2.33. The van der Waals surface area contributed by atoms with Gasteiger partial charge >= 0.3 is 11.9 Å². The van der Waals surface area contributed by atoms with Crippen LogP contribution in [0.2, 0.25) is 0 Å². The molecule has 2 aromatic rings. The average Bonchev–Trinajstić information content (AvgIpc) is 3.61. The molecular formula is C24H30N2O6S2. The number of hydrogen-bond donors (Lipinski definition) is 0. The van der Waals surface area contributed by atoms with Gasteiger partial charge in [-0.25, -0.2) is 9.59 Å². The number of carbonyl (C=O) groups is 2. The zero-order valence-electron chi connectivity index (χ0n) is 19.5. The Kier molecular flexibility index (Phi) is 6.58. The maximum atomic E-state index is 11.4. The molecule has 0 amide bonds. The van der Waals surface area contributed by atoms with Crippen molar-refractivity contribution in [2.75, 3.05) is 76.6 Å². The monoisotopic (exact) mass is 506 g/mol. The van der Waals surface area contributed by atoms with E-state index in [9.17, 15) is 9.59 Å². The van der Waals surface area contributed by atoms with E-state index < -0.39 is 0 Å². The minimum atomic E-state index is -0.249.